The van der Waals surface area contributed by atoms with Crippen LogP contribution in [0.15, 0.2) is 29.4 Å². The van der Waals surface area contributed by atoms with Crippen LogP contribution in [-0.4, -0.2) is 46.6 Å². The van der Waals surface area contributed by atoms with Crippen molar-refractivity contribution in [2.24, 2.45) is 5.16 Å². The summed E-state index contributed by atoms with van der Waals surface area (Å²) in [5.74, 6) is 0.631. The summed E-state index contributed by atoms with van der Waals surface area (Å²) in [5.41, 5.74) is 4.70. The molecule has 1 aromatic carbocycles. The average Bonchev–Trinajstić information content (AvgIpc) is 3.27. The maximum Gasteiger partial charge on any atom is 0.266 e. The fourth-order valence-corrected chi connectivity index (χ4v) is 3.38. The van der Waals surface area contributed by atoms with Gasteiger partial charge in [-0.25, -0.2) is 0 Å². The van der Waals surface area contributed by atoms with E-state index in [2.05, 4.69) is 17.2 Å². The number of hydrogen-bond acceptors (Lipinski definition) is 5. The van der Waals surface area contributed by atoms with E-state index >= 15 is 0 Å². The van der Waals surface area contributed by atoms with E-state index in [0.717, 1.165) is 40.5 Å². The van der Waals surface area contributed by atoms with Gasteiger partial charge in [0.1, 0.15) is 5.75 Å². The second kappa shape index (κ2) is 7.82. The van der Waals surface area contributed by atoms with Gasteiger partial charge in [-0.3, -0.25) is 9.48 Å². The highest BCUT2D eigenvalue weighted by molar-refractivity contribution is 6.05. The number of benzene rings is 1. The lowest BCUT2D eigenvalue weighted by Crippen LogP contribution is -2.36. The van der Waals surface area contributed by atoms with Crippen LogP contribution < -0.4 is 4.74 Å². The Morgan fingerprint density at radius 1 is 1.37 bits per heavy atom. The number of amides is 1. The molecule has 0 bridgehead atoms. The number of ether oxygens (including phenoxy) is 1. The molecular weight excluding hydrogens is 344 g/mol. The summed E-state index contributed by atoms with van der Waals surface area (Å²) in [4.78, 5) is 20.0. The zero-order valence-corrected chi connectivity index (χ0v) is 16.5. The van der Waals surface area contributed by atoms with Crippen LogP contribution in [0.1, 0.15) is 35.9 Å². The fraction of sp³-hybridized carbons (Fsp3) is 0.450. The molecule has 7 heteroatoms. The summed E-state index contributed by atoms with van der Waals surface area (Å²) in [7, 11) is 3.40. The lowest BCUT2D eigenvalue weighted by Gasteiger charge is -2.20. The van der Waals surface area contributed by atoms with Gasteiger partial charge >= 0.3 is 0 Å². The molecule has 2 heterocycles. The maximum absolute atomic E-state index is 12.8. The molecule has 0 saturated carbocycles. The Labute approximate surface area is 159 Å². The predicted octanol–water partition coefficient (Wildman–Crippen LogP) is 2.68. The summed E-state index contributed by atoms with van der Waals surface area (Å²) >= 11 is 0. The van der Waals surface area contributed by atoms with Crippen molar-refractivity contribution >= 4 is 11.6 Å². The molecule has 1 aliphatic heterocycles. The molecule has 144 valence electrons. The Morgan fingerprint density at radius 3 is 2.78 bits per heavy atom. The first-order chi connectivity index (χ1) is 13.0. The van der Waals surface area contributed by atoms with E-state index in [1.807, 2.05) is 42.8 Å². The van der Waals surface area contributed by atoms with Crippen LogP contribution in [0.4, 0.5) is 0 Å². The highest BCUT2D eigenvalue weighted by atomic mass is 16.6. The summed E-state index contributed by atoms with van der Waals surface area (Å²) in [6.45, 7) is 7.38. The van der Waals surface area contributed by atoms with Gasteiger partial charge in [-0.2, -0.15) is 5.10 Å². The van der Waals surface area contributed by atoms with Gasteiger partial charge in [0.2, 0.25) is 6.10 Å². The lowest BCUT2D eigenvalue weighted by molar-refractivity contribution is -0.141. The molecule has 0 spiro atoms. The van der Waals surface area contributed by atoms with Gasteiger partial charge in [0.15, 0.2) is 0 Å². The largest absolute Gasteiger partial charge is 0.496 e. The topological polar surface area (TPSA) is 69.0 Å². The lowest BCUT2D eigenvalue weighted by atomic mass is 10.0. The first kappa shape index (κ1) is 18.9. The number of methoxy groups -OCH3 is 1. The van der Waals surface area contributed by atoms with Crippen LogP contribution in [0.2, 0.25) is 0 Å². The Bertz CT molecular complexity index is 872. The van der Waals surface area contributed by atoms with Crippen LogP contribution in [0.3, 0.4) is 0 Å². The van der Waals surface area contributed by atoms with Gasteiger partial charge < -0.3 is 14.5 Å². The van der Waals surface area contributed by atoms with Gasteiger partial charge in [0.05, 0.1) is 18.5 Å². The highest BCUT2D eigenvalue weighted by Gasteiger charge is 2.32. The van der Waals surface area contributed by atoms with Crippen LogP contribution in [-0.2, 0) is 22.7 Å². The van der Waals surface area contributed by atoms with E-state index < -0.39 is 6.10 Å². The predicted molar refractivity (Wildman–Crippen MR) is 103 cm³/mol. The molecule has 3 rings (SSSR count). The number of carbonyl (C=O) groups is 1. The molecule has 1 aromatic heterocycles. The fourth-order valence-electron chi connectivity index (χ4n) is 3.38. The van der Waals surface area contributed by atoms with Gasteiger partial charge in [-0.1, -0.05) is 17.3 Å². The second-order valence-corrected chi connectivity index (χ2v) is 6.70. The van der Waals surface area contributed by atoms with Crippen molar-refractivity contribution in [3.63, 3.8) is 0 Å². The smallest absolute Gasteiger partial charge is 0.266 e. The summed E-state index contributed by atoms with van der Waals surface area (Å²) in [6, 6.07) is 7.61. The van der Waals surface area contributed by atoms with E-state index in [-0.39, 0.29) is 5.91 Å². The van der Waals surface area contributed by atoms with Crippen LogP contribution in [0, 0.1) is 13.8 Å². The molecule has 1 atom stereocenters. The number of aryl methyl sites for hydroxylation is 2. The van der Waals surface area contributed by atoms with E-state index in [1.165, 1.54) is 0 Å². The van der Waals surface area contributed by atoms with Crippen LogP contribution in [0.5, 0.6) is 5.75 Å². The summed E-state index contributed by atoms with van der Waals surface area (Å²) in [5, 5.41) is 8.65. The number of nitrogens with zero attached hydrogens (tertiary/aromatic N) is 4. The molecule has 0 N–H and O–H groups in total. The first-order valence-corrected chi connectivity index (χ1v) is 9.10. The van der Waals surface area contributed by atoms with E-state index in [0.29, 0.717) is 13.0 Å². The van der Waals surface area contributed by atoms with Crippen LogP contribution in [0.25, 0.3) is 0 Å². The van der Waals surface area contributed by atoms with Gasteiger partial charge in [0, 0.05) is 43.4 Å². The minimum absolute atomic E-state index is 0.0910. The van der Waals surface area contributed by atoms with Crippen molar-refractivity contribution < 1.29 is 14.4 Å². The Kier molecular flexibility index (Phi) is 5.48. The molecule has 1 aliphatic rings. The molecule has 0 fully saturated rings. The number of hydrogen-bond donors (Lipinski definition) is 0. The Hall–Kier alpha value is -2.83. The molecule has 7 nitrogen and oxygen atoms in total. The minimum atomic E-state index is -0.614. The van der Waals surface area contributed by atoms with Crippen molar-refractivity contribution in [1.29, 1.82) is 0 Å². The average molecular weight is 370 g/mol. The Morgan fingerprint density at radius 2 is 2.11 bits per heavy atom. The van der Waals surface area contributed by atoms with Crippen molar-refractivity contribution in [3.8, 4) is 5.75 Å². The molecule has 1 unspecified atom stereocenters. The monoisotopic (exact) mass is 370 g/mol. The Balaban J connectivity index is 1.68. The van der Waals surface area contributed by atoms with Gasteiger partial charge in [-0.15, -0.1) is 0 Å². The molecule has 27 heavy (non-hydrogen) atoms. The van der Waals surface area contributed by atoms with E-state index in [9.17, 15) is 4.79 Å². The number of aromatic nitrogens is 2. The number of para-hydroxylation sites is 1. The third-order valence-corrected chi connectivity index (χ3v) is 4.96. The molecular formula is C20H26N4O3. The summed E-state index contributed by atoms with van der Waals surface area (Å²) in [6.07, 6.45) is -0.188. The number of rotatable bonds is 6. The van der Waals surface area contributed by atoms with Crippen molar-refractivity contribution in [3.05, 3.63) is 46.8 Å². The van der Waals surface area contributed by atoms with E-state index in [4.69, 9.17) is 9.57 Å². The van der Waals surface area contributed by atoms with E-state index in [1.54, 1.807) is 19.1 Å². The normalized spacial score (nSPS) is 16.0. The zero-order chi connectivity index (χ0) is 19.6. The minimum Gasteiger partial charge on any atom is -0.496 e. The molecule has 0 saturated heterocycles. The maximum atomic E-state index is 12.8. The number of oxime groups is 1. The highest BCUT2D eigenvalue weighted by Crippen LogP contribution is 2.25. The molecule has 0 radical (unpaired) electrons. The molecule has 0 aliphatic carbocycles. The third-order valence-electron chi connectivity index (χ3n) is 4.96. The standard InChI is InChI=1S/C20H26N4O3/c1-6-24-14(3)16(13(2)21-24)12-23(4)20(25)19-11-17(22-27-19)15-9-7-8-10-18(15)26-5/h7-10,19H,6,11-12H2,1-5H3. The van der Waals surface area contributed by atoms with Crippen molar-refractivity contribution in [2.75, 3.05) is 14.2 Å². The summed E-state index contributed by atoms with van der Waals surface area (Å²) < 4.78 is 7.33. The van der Waals surface area contributed by atoms with Crippen LogP contribution >= 0.6 is 0 Å². The van der Waals surface area contributed by atoms with Gasteiger partial charge in [0.25, 0.3) is 5.91 Å². The second-order valence-electron chi connectivity index (χ2n) is 6.70. The molecule has 1 amide bonds. The molecule has 2 aromatic rings. The van der Waals surface area contributed by atoms with Crippen molar-refractivity contribution in [1.82, 2.24) is 14.7 Å². The number of carbonyl (C=O) groups excluding carboxylic acids is 1. The number of likely N-dealkylation sites (N-methyl/N-ethyl adjacent to an activating group) is 1. The quantitative estimate of drug-likeness (QED) is 0.784. The third kappa shape index (κ3) is 3.67. The van der Waals surface area contributed by atoms with Gasteiger partial charge in [-0.05, 0) is 32.9 Å². The van der Waals surface area contributed by atoms with Crippen molar-refractivity contribution in [2.45, 2.75) is 46.4 Å². The zero-order valence-electron chi connectivity index (χ0n) is 16.5. The SMILES string of the molecule is CCn1nc(C)c(CN(C)C(=O)C2CC(c3ccccc3OC)=NO2)c1C. The first-order valence-electron chi connectivity index (χ1n) is 9.10.